The SMILES string of the molecule is CC(=O)c1cccc(NC(=O)NCC(C)(O)c2ccc(F)cc2)c1. The fourth-order valence-corrected chi connectivity index (χ4v) is 2.15. The van der Waals surface area contributed by atoms with Gasteiger partial charge in [0.25, 0.3) is 0 Å². The van der Waals surface area contributed by atoms with Crippen molar-refractivity contribution in [2.45, 2.75) is 19.4 Å². The Labute approximate surface area is 139 Å². The first kappa shape index (κ1) is 17.6. The third-order valence-electron chi connectivity index (χ3n) is 3.59. The van der Waals surface area contributed by atoms with Crippen LogP contribution in [-0.4, -0.2) is 23.5 Å². The van der Waals surface area contributed by atoms with E-state index in [4.69, 9.17) is 0 Å². The summed E-state index contributed by atoms with van der Waals surface area (Å²) < 4.78 is 12.9. The van der Waals surface area contributed by atoms with Gasteiger partial charge in [-0.1, -0.05) is 24.3 Å². The second-order valence-corrected chi connectivity index (χ2v) is 5.73. The van der Waals surface area contributed by atoms with Crippen LogP contribution < -0.4 is 10.6 Å². The third kappa shape index (κ3) is 4.63. The van der Waals surface area contributed by atoms with Gasteiger partial charge in [0.05, 0.1) is 6.54 Å². The minimum Gasteiger partial charge on any atom is -0.384 e. The van der Waals surface area contributed by atoms with E-state index in [-0.39, 0.29) is 12.3 Å². The molecule has 24 heavy (non-hydrogen) atoms. The van der Waals surface area contributed by atoms with Gasteiger partial charge in [0, 0.05) is 11.3 Å². The molecule has 1 atom stereocenters. The summed E-state index contributed by atoms with van der Waals surface area (Å²) in [6.07, 6.45) is 0. The molecule has 0 fully saturated rings. The van der Waals surface area contributed by atoms with Gasteiger partial charge in [-0.2, -0.15) is 0 Å². The van der Waals surface area contributed by atoms with Crippen molar-refractivity contribution in [1.29, 1.82) is 0 Å². The summed E-state index contributed by atoms with van der Waals surface area (Å²) in [7, 11) is 0. The molecule has 2 aromatic carbocycles. The van der Waals surface area contributed by atoms with Gasteiger partial charge in [0.15, 0.2) is 5.78 Å². The molecule has 6 heteroatoms. The molecule has 3 N–H and O–H groups in total. The molecule has 2 aromatic rings. The van der Waals surface area contributed by atoms with Crippen molar-refractivity contribution in [1.82, 2.24) is 5.32 Å². The summed E-state index contributed by atoms with van der Waals surface area (Å²) >= 11 is 0. The maximum absolute atomic E-state index is 12.9. The monoisotopic (exact) mass is 330 g/mol. The molecule has 5 nitrogen and oxygen atoms in total. The van der Waals surface area contributed by atoms with E-state index >= 15 is 0 Å². The second kappa shape index (κ2) is 7.23. The van der Waals surface area contributed by atoms with Crippen molar-refractivity contribution in [3.05, 3.63) is 65.5 Å². The number of hydrogen-bond donors (Lipinski definition) is 3. The Morgan fingerprint density at radius 3 is 2.46 bits per heavy atom. The van der Waals surface area contributed by atoms with Gasteiger partial charge >= 0.3 is 6.03 Å². The normalized spacial score (nSPS) is 13.0. The van der Waals surface area contributed by atoms with Crippen molar-refractivity contribution in [2.24, 2.45) is 0 Å². The van der Waals surface area contributed by atoms with E-state index in [1.165, 1.54) is 38.1 Å². The van der Waals surface area contributed by atoms with Crippen LogP contribution in [0, 0.1) is 5.82 Å². The number of anilines is 1. The number of carbonyl (C=O) groups excluding carboxylic acids is 2. The molecule has 1 unspecified atom stereocenters. The lowest BCUT2D eigenvalue weighted by Crippen LogP contribution is -2.40. The molecule has 0 radical (unpaired) electrons. The molecule has 126 valence electrons. The van der Waals surface area contributed by atoms with Gasteiger partial charge in [0.1, 0.15) is 11.4 Å². The number of rotatable bonds is 5. The van der Waals surface area contributed by atoms with Crippen LogP contribution >= 0.6 is 0 Å². The number of nitrogens with one attached hydrogen (secondary N) is 2. The fraction of sp³-hybridized carbons (Fsp3) is 0.222. The van der Waals surface area contributed by atoms with Crippen LogP contribution in [0.4, 0.5) is 14.9 Å². The van der Waals surface area contributed by atoms with E-state index in [1.807, 2.05) is 0 Å². The van der Waals surface area contributed by atoms with Gasteiger partial charge in [-0.25, -0.2) is 9.18 Å². The van der Waals surface area contributed by atoms with Crippen LogP contribution in [0.1, 0.15) is 29.8 Å². The van der Waals surface area contributed by atoms with Crippen molar-refractivity contribution >= 4 is 17.5 Å². The second-order valence-electron chi connectivity index (χ2n) is 5.73. The largest absolute Gasteiger partial charge is 0.384 e. The Kier molecular flexibility index (Phi) is 5.31. The first-order valence-electron chi connectivity index (χ1n) is 7.42. The molecule has 0 aromatic heterocycles. The van der Waals surface area contributed by atoms with Crippen molar-refractivity contribution in [3.8, 4) is 0 Å². The predicted molar refractivity (Wildman–Crippen MR) is 89.4 cm³/mol. The van der Waals surface area contributed by atoms with Gasteiger partial charge in [0.2, 0.25) is 0 Å². The number of hydrogen-bond acceptors (Lipinski definition) is 3. The number of benzene rings is 2. The number of halogens is 1. The Morgan fingerprint density at radius 2 is 1.83 bits per heavy atom. The van der Waals surface area contributed by atoms with Crippen molar-refractivity contribution in [2.75, 3.05) is 11.9 Å². The number of amides is 2. The molecular formula is C18H19FN2O3. The average molecular weight is 330 g/mol. The lowest BCUT2D eigenvalue weighted by atomic mass is 9.96. The van der Waals surface area contributed by atoms with E-state index in [2.05, 4.69) is 10.6 Å². The van der Waals surface area contributed by atoms with Crippen LogP contribution in [0.2, 0.25) is 0 Å². The molecule has 0 aliphatic carbocycles. The number of ketones is 1. The van der Waals surface area contributed by atoms with E-state index in [0.29, 0.717) is 16.8 Å². The highest BCUT2D eigenvalue weighted by atomic mass is 19.1. The Balaban J connectivity index is 1.96. The van der Waals surface area contributed by atoms with Gasteiger partial charge in [-0.15, -0.1) is 0 Å². The molecule has 0 aliphatic heterocycles. The number of Topliss-reactive ketones (excluding diaryl/α,β-unsaturated/α-hetero) is 1. The van der Waals surface area contributed by atoms with Crippen LogP contribution in [0.25, 0.3) is 0 Å². The number of carbonyl (C=O) groups is 2. The highest BCUT2D eigenvalue weighted by molar-refractivity contribution is 5.96. The van der Waals surface area contributed by atoms with Crippen molar-refractivity contribution < 1.29 is 19.1 Å². The fourth-order valence-electron chi connectivity index (χ4n) is 2.15. The minimum atomic E-state index is -1.34. The molecule has 0 aliphatic rings. The third-order valence-corrected chi connectivity index (χ3v) is 3.59. The molecule has 0 heterocycles. The maximum Gasteiger partial charge on any atom is 0.319 e. The summed E-state index contributed by atoms with van der Waals surface area (Å²) in [4.78, 5) is 23.3. The van der Waals surface area contributed by atoms with Gasteiger partial charge in [-0.3, -0.25) is 4.79 Å². The maximum atomic E-state index is 12.9. The van der Waals surface area contributed by atoms with Crippen LogP contribution in [0.15, 0.2) is 48.5 Å². The Bertz CT molecular complexity index is 742. The summed E-state index contributed by atoms with van der Waals surface area (Å²) in [6.45, 7) is 2.91. The molecule has 0 saturated heterocycles. The molecule has 0 saturated carbocycles. The van der Waals surface area contributed by atoms with E-state index < -0.39 is 17.4 Å². The van der Waals surface area contributed by atoms with Crippen molar-refractivity contribution in [3.63, 3.8) is 0 Å². The highest BCUT2D eigenvalue weighted by Crippen LogP contribution is 2.20. The molecule has 2 amide bonds. The van der Waals surface area contributed by atoms with E-state index in [0.717, 1.165) is 0 Å². The lowest BCUT2D eigenvalue weighted by molar-refractivity contribution is 0.0599. The average Bonchev–Trinajstić information content (AvgIpc) is 2.54. The Morgan fingerprint density at radius 1 is 1.17 bits per heavy atom. The predicted octanol–water partition coefficient (Wildman–Crippen LogP) is 3.06. The highest BCUT2D eigenvalue weighted by Gasteiger charge is 2.23. The molecule has 0 spiro atoms. The van der Waals surface area contributed by atoms with Gasteiger partial charge in [-0.05, 0) is 43.7 Å². The Hall–Kier alpha value is -2.73. The smallest absolute Gasteiger partial charge is 0.319 e. The summed E-state index contributed by atoms with van der Waals surface area (Å²) in [5.74, 6) is -0.496. The lowest BCUT2D eigenvalue weighted by Gasteiger charge is -2.24. The van der Waals surface area contributed by atoms with Crippen LogP contribution in [0.5, 0.6) is 0 Å². The zero-order chi connectivity index (χ0) is 17.7. The minimum absolute atomic E-state index is 0.0587. The first-order valence-corrected chi connectivity index (χ1v) is 7.42. The zero-order valence-electron chi connectivity index (χ0n) is 13.5. The first-order chi connectivity index (χ1) is 11.3. The van der Waals surface area contributed by atoms with E-state index in [1.54, 1.807) is 24.3 Å². The summed E-state index contributed by atoms with van der Waals surface area (Å²) in [5, 5.41) is 15.6. The molecular weight excluding hydrogens is 311 g/mol. The standard InChI is InChI=1S/C18H19FN2O3/c1-12(22)13-4-3-5-16(10-13)21-17(23)20-11-18(2,24)14-6-8-15(19)9-7-14/h3-10,24H,11H2,1-2H3,(H2,20,21,23). The van der Waals surface area contributed by atoms with Crippen LogP contribution in [-0.2, 0) is 5.60 Å². The molecule has 2 rings (SSSR count). The number of urea groups is 1. The van der Waals surface area contributed by atoms with Gasteiger partial charge < -0.3 is 15.7 Å². The summed E-state index contributed by atoms with van der Waals surface area (Å²) in [6, 6.07) is 11.5. The summed E-state index contributed by atoms with van der Waals surface area (Å²) in [5.41, 5.74) is 0.113. The zero-order valence-corrected chi connectivity index (χ0v) is 13.5. The molecule has 0 bridgehead atoms. The van der Waals surface area contributed by atoms with Crippen LogP contribution in [0.3, 0.4) is 0 Å². The quantitative estimate of drug-likeness (QED) is 0.737. The van der Waals surface area contributed by atoms with E-state index in [9.17, 15) is 19.1 Å². The topological polar surface area (TPSA) is 78.4 Å². The number of aliphatic hydroxyl groups is 1.